The number of nitrogens with zero attached hydrogens (tertiary/aromatic N) is 2. The van der Waals surface area contributed by atoms with Crippen LogP contribution in [0.25, 0.3) is 11.0 Å². The Morgan fingerprint density at radius 1 is 1.12 bits per heavy atom. The summed E-state index contributed by atoms with van der Waals surface area (Å²) in [4.78, 5) is 19.3. The number of carbonyl (C=O) groups is 1. The first-order valence-electron chi connectivity index (χ1n) is 8.93. The third kappa shape index (κ3) is 3.16. The van der Waals surface area contributed by atoms with Crippen molar-refractivity contribution < 1.29 is 9.21 Å². The molecule has 128 valence electrons. The standard InChI is InChI=1S/C21H22N2O2/c1-15-6-7-19-17(13-15)14-20(25-19)21(24)23-12-4-2-3-5-18(23)16-8-10-22-11-9-16/h6-11,13-14,18H,2-5,12H2,1H3. The van der Waals surface area contributed by atoms with Gasteiger partial charge in [-0.25, -0.2) is 0 Å². The molecule has 1 saturated heterocycles. The summed E-state index contributed by atoms with van der Waals surface area (Å²) >= 11 is 0. The summed E-state index contributed by atoms with van der Waals surface area (Å²) in [7, 11) is 0. The number of likely N-dealkylation sites (tertiary alicyclic amines) is 1. The Morgan fingerprint density at radius 2 is 1.96 bits per heavy atom. The molecule has 4 nitrogen and oxygen atoms in total. The van der Waals surface area contributed by atoms with Gasteiger partial charge >= 0.3 is 0 Å². The number of aryl methyl sites for hydroxylation is 1. The molecule has 0 radical (unpaired) electrons. The number of rotatable bonds is 2. The summed E-state index contributed by atoms with van der Waals surface area (Å²) in [5.41, 5.74) is 3.08. The second-order valence-electron chi connectivity index (χ2n) is 6.80. The Morgan fingerprint density at radius 3 is 2.80 bits per heavy atom. The van der Waals surface area contributed by atoms with E-state index in [1.54, 1.807) is 12.4 Å². The van der Waals surface area contributed by atoms with E-state index in [9.17, 15) is 4.79 Å². The first-order valence-corrected chi connectivity index (χ1v) is 8.93. The van der Waals surface area contributed by atoms with Crippen molar-refractivity contribution in [3.63, 3.8) is 0 Å². The largest absolute Gasteiger partial charge is 0.451 e. The van der Waals surface area contributed by atoms with Gasteiger partial charge in [0.05, 0.1) is 6.04 Å². The van der Waals surface area contributed by atoms with Gasteiger partial charge in [0.1, 0.15) is 5.58 Å². The molecular weight excluding hydrogens is 312 g/mol. The average molecular weight is 334 g/mol. The zero-order valence-corrected chi connectivity index (χ0v) is 14.4. The normalized spacial score (nSPS) is 18.3. The first-order chi connectivity index (χ1) is 12.2. The van der Waals surface area contributed by atoms with E-state index in [1.165, 1.54) is 0 Å². The summed E-state index contributed by atoms with van der Waals surface area (Å²) in [5.74, 6) is 0.416. The van der Waals surface area contributed by atoms with Crippen LogP contribution in [0.2, 0.25) is 0 Å². The fourth-order valence-electron chi connectivity index (χ4n) is 3.69. The molecule has 25 heavy (non-hydrogen) atoms. The molecule has 1 aliphatic rings. The smallest absolute Gasteiger partial charge is 0.290 e. The third-order valence-electron chi connectivity index (χ3n) is 4.99. The van der Waals surface area contributed by atoms with E-state index in [-0.39, 0.29) is 11.9 Å². The van der Waals surface area contributed by atoms with Crippen LogP contribution in [-0.2, 0) is 0 Å². The predicted molar refractivity (Wildman–Crippen MR) is 97.4 cm³/mol. The van der Waals surface area contributed by atoms with Crippen molar-refractivity contribution in [2.75, 3.05) is 6.54 Å². The van der Waals surface area contributed by atoms with E-state index in [0.29, 0.717) is 5.76 Å². The Balaban J connectivity index is 1.69. The van der Waals surface area contributed by atoms with Crippen LogP contribution >= 0.6 is 0 Å². The van der Waals surface area contributed by atoms with Gasteiger partial charge in [-0.3, -0.25) is 9.78 Å². The van der Waals surface area contributed by atoms with E-state index in [4.69, 9.17) is 4.42 Å². The molecule has 4 rings (SSSR count). The minimum Gasteiger partial charge on any atom is -0.451 e. The van der Waals surface area contributed by atoms with Gasteiger partial charge in [0, 0.05) is 24.3 Å². The minimum atomic E-state index is -0.0161. The van der Waals surface area contributed by atoms with E-state index >= 15 is 0 Å². The van der Waals surface area contributed by atoms with Crippen molar-refractivity contribution >= 4 is 16.9 Å². The summed E-state index contributed by atoms with van der Waals surface area (Å²) in [6.07, 6.45) is 7.90. The monoisotopic (exact) mass is 334 g/mol. The highest BCUT2D eigenvalue weighted by molar-refractivity contribution is 5.96. The second-order valence-corrected chi connectivity index (χ2v) is 6.80. The topological polar surface area (TPSA) is 46.3 Å². The average Bonchev–Trinajstić information content (AvgIpc) is 2.90. The molecule has 0 spiro atoms. The van der Waals surface area contributed by atoms with Crippen molar-refractivity contribution in [1.29, 1.82) is 0 Å². The maximum absolute atomic E-state index is 13.2. The molecule has 1 aromatic carbocycles. The molecule has 4 heteroatoms. The molecule has 0 N–H and O–H groups in total. The van der Waals surface area contributed by atoms with Gasteiger partial charge in [0.2, 0.25) is 0 Å². The minimum absolute atomic E-state index is 0.0161. The van der Waals surface area contributed by atoms with E-state index in [0.717, 1.165) is 54.3 Å². The molecule has 2 aromatic heterocycles. The number of fused-ring (bicyclic) bond motifs is 1. The molecular formula is C21H22N2O2. The molecule has 0 aliphatic carbocycles. The highest BCUT2D eigenvalue weighted by Gasteiger charge is 2.29. The number of pyridine rings is 1. The second kappa shape index (κ2) is 6.71. The van der Waals surface area contributed by atoms with Gasteiger partial charge in [-0.05, 0) is 55.7 Å². The molecule has 1 amide bonds. The van der Waals surface area contributed by atoms with Crippen LogP contribution in [0.15, 0.2) is 53.2 Å². The number of amides is 1. The highest BCUT2D eigenvalue weighted by Crippen LogP contribution is 2.32. The fourth-order valence-corrected chi connectivity index (χ4v) is 3.69. The lowest BCUT2D eigenvalue weighted by Gasteiger charge is -2.29. The maximum atomic E-state index is 13.2. The Labute approximate surface area is 147 Å². The molecule has 1 aliphatic heterocycles. The lowest BCUT2D eigenvalue weighted by molar-refractivity contribution is 0.0650. The number of hydrogen-bond donors (Lipinski definition) is 0. The van der Waals surface area contributed by atoms with Crippen LogP contribution in [0.3, 0.4) is 0 Å². The van der Waals surface area contributed by atoms with Crippen molar-refractivity contribution in [1.82, 2.24) is 9.88 Å². The number of furan rings is 1. The van der Waals surface area contributed by atoms with E-state index < -0.39 is 0 Å². The zero-order valence-electron chi connectivity index (χ0n) is 14.4. The fraction of sp³-hybridized carbons (Fsp3) is 0.333. The SMILES string of the molecule is Cc1ccc2oc(C(=O)N3CCCCCC3c3ccncc3)cc2c1. The van der Waals surface area contributed by atoms with Crippen molar-refractivity contribution in [3.05, 3.63) is 65.7 Å². The van der Waals surface area contributed by atoms with Crippen LogP contribution in [0.4, 0.5) is 0 Å². The van der Waals surface area contributed by atoms with Gasteiger partial charge in [0.15, 0.2) is 5.76 Å². The number of carbonyl (C=O) groups excluding carboxylic acids is 1. The Kier molecular flexibility index (Phi) is 4.26. The predicted octanol–water partition coefficient (Wildman–Crippen LogP) is 4.89. The first kappa shape index (κ1) is 15.9. The third-order valence-corrected chi connectivity index (χ3v) is 4.99. The molecule has 1 atom stereocenters. The van der Waals surface area contributed by atoms with Crippen LogP contribution in [0.5, 0.6) is 0 Å². The lowest BCUT2D eigenvalue weighted by atomic mass is 10.0. The maximum Gasteiger partial charge on any atom is 0.290 e. The van der Waals surface area contributed by atoms with Gasteiger partial charge in [-0.15, -0.1) is 0 Å². The summed E-state index contributed by atoms with van der Waals surface area (Å²) in [6, 6.07) is 12.0. The van der Waals surface area contributed by atoms with Crippen LogP contribution in [0, 0.1) is 6.92 Å². The van der Waals surface area contributed by atoms with Crippen LogP contribution in [0.1, 0.15) is 53.4 Å². The molecule has 0 saturated carbocycles. The van der Waals surface area contributed by atoms with Gasteiger partial charge in [-0.2, -0.15) is 0 Å². The molecule has 0 bridgehead atoms. The lowest BCUT2D eigenvalue weighted by Crippen LogP contribution is -2.34. The number of aromatic nitrogens is 1. The highest BCUT2D eigenvalue weighted by atomic mass is 16.3. The molecule has 1 unspecified atom stereocenters. The van der Waals surface area contributed by atoms with E-state index in [2.05, 4.69) is 11.1 Å². The zero-order chi connectivity index (χ0) is 17.2. The van der Waals surface area contributed by atoms with Crippen molar-refractivity contribution in [2.45, 2.75) is 38.6 Å². The quantitative estimate of drug-likeness (QED) is 0.670. The summed E-state index contributed by atoms with van der Waals surface area (Å²) in [5, 5.41) is 0.985. The van der Waals surface area contributed by atoms with Crippen molar-refractivity contribution in [3.8, 4) is 0 Å². The number of benzene rings is 1. The van der Waals surface area contributed by atoms with Gasteiger partial charge in [0.25, 0.3) is 5.91 Å². The molecule has 3 heterocycles. The molecule has 3 aromatic rings. The summed E-state index contributed by atoms with van der Waals surface area (Å²) in [6.45, 7) is 2.81. The van der Waals surface area contributed by atoms with Gasteiger partial charge < -0.3 is 9.32 Å². The Bertz CT molecular complexity index is 885. The van der Waals surface area contributed by atoms with E-state index in [1.807, 2.05) is 42.2 Å². The van der Waals surface area contributed by atoms with Gasteiger partial charge in [-0.1, -0.05) is 24.5 Å². The van der Waals surface area contributed by atoms with Crippen molar-refractivity contribution in [2.24, 2.45) is 0 Å². The summed E-state index contributed by atoms with van der Waals surface area (Å²) < 4.78 is 5.86. The van der Waals surface area contributed by atoms with Crippen LogP contribution in [-0.4, -0.2) is 22.3 Å². The molecule has 1 fully saturated rings. The van der Waals surface area contributed by atoms with Crippen LogP contribution < -0.4 is 0 Å². The number of hydrogen-bond acceptors (Lipinski definition) is 3. The Hall–Kier alpha value is -2.62.